The standard InChI is InChI=1S/C18H27F3N2O/c1-4-17(24,14(2)13-23-10-8-22(3)9-11-23)15-6-5-7-16(12-15)18(19,20)21/h5-7,12,14,24H,4,8-11,13H2,1-3H3. The van der Waals surface area contributed by atoms with Crippen LogP contribution in [0.1, 0.15) is 31.4 Å². The maximum absolute atomic E-state index is 13.0. The van der Waals surface area contributed by atoms with Crippen molar-refractivity contribution in [3.05, 3.63) is 35.4 Å². The molecular formula is C18H27F3N2O. The van der Waals surface area contributed by atoms with E-state index in [0.717, 1.165) is 38.3 Å². The van der Waals surface area contributed by atoms with E-state index in [9.17, 15) is 18.3 Å². The Kier molecular flexibility index (Phi) is 5.94. The molecule has 3 nitrogen and oxygen atoms in total. The third kappa shape index (κ3) is 4.29. The zero-order chi connectivity index (χ0) is 18.0. The van der Waals surface area contributed by atoms with Crippen LogP contribution in [0.4, 0.5) is 13.2 Å². The number of hydrogen-bond acceptors (Lipinski definition) is 3. The Morgan fingerprint density at radius 3 is 2.25 bits per heavy atom. The lowest BCUT2D eigenvalue weighted by Gasteiger charge is -2.39. The van der Waals surface area contributed by atoms with Crippen LogP contribution in [-0.4, -0.2) is 54.7 Å². The number of nitrogens with zero attached hydrogens (tertiary/aromatic N) is 2. The normalized spacial score (nSPS) is 21.5. The van der Waals surface area contributed by atoms with Crippen molar-refractivity contribution in [1.82, 2.24) is 9.80 Å². The van der Waals surface area contributed by atoms with Crippen molar-refractivity contribution >= 4 is 0 Å². The molecule has 1 N–H and O–H groups in total. The number of alkyl halides is 3. The summed E-state index contributed by atoms with van der Waals surface area (Å²) in [4.78, 5) is 4.53. The van der Waals surface area contributed by atoms with Gasteiger partial charge in [0.1, 0.15) is 0 Å². The Labute approximate surface area is 142 Å². The highest BCUT2D eigenvalue weighted by atomic mass is 19.4. The summed E-state index contributed by atoms with van der Waals surface area (Å²) in [7, 11) is 2.08. The Balaban J connectivity index is 2.18. The molecule has 1 aromatic rings. The summed E-state index contributed by atoms with van der Waals surface area (Å²) in [5.74, 6) is -0.158. The van der Waals surface area contributed by atoms with E-state index in [-0.39, 0.29) is 5.92 Å². The molecule has 0 aliphatic carbocycles. The second kappa shape index (κ2) is 7.42. The summed E-state index contributed by atoms with van der Waals surface area (Å²) in [6, 6.07) is 5.11. The molecule has 0 saturated carbocycles. The average Bonchev–Trinajstić information content (AvgIpc) is 2.55. The van der Waals surface area contributed by atoms with Crippen molar-refractivity contribution < 1.29 is 18.3 Å². The Morgan fingerprint density at radius 2 is 1.71 bits per heavy atom. The quantitative estimate of drug-likeness (QED) is 0.889. The van der Waals surface area contributed by atoms with Crippen molar-refractivity contribution in [3.8, 4) is 0 Å². The fourth-order valence-electron chi connectivity index (χ4n) is 3.37. The molecule has 2 unspecified atom stereocenters. The van der Waals surface area contributed by atoms with Gasteiger partial charge in [-0.1, -0.05) is 26.0 Å². The summed E-state index contributed by atoms with van der Waals surface area (Å²) >= 11 is 0. The van der Waals surface area contributed by atoms with Gasteiger partial charge in [-0.15, -0.1) is 0 Å². The lowest BCUT2D eigenvalue weighted by Crippen LogP contribution is -2.48. The number of rotatable bonds is 5. The molecule has 0 amide bonds. The Morgan fingerprint density at radius 1 is 1.12 bits per heavy atom. The summed E-state index contributed by atoms with van der Waals surface area (Å²) in [5, 5.41) is 11.1. The van der Waals surface area contributed by atoms with E-state index < -0.39 is 17.3 Å². The van der Waals surface area contributed by atoms with E-state index in [4.69, 9.17) is 0 Å². The summed E-state index contributed by atoms with van der Waals surface area (Å²) in [6.45, 7) is 8.20. The minimum absolute atomic E-state index is 0.158. The van der Waals surface area contributed by atoms with E-state index >= 15 is 0 Å². The molecule has 136 valence electrons. The van der Waals surface area contributed by atoms with Gasteiger partial charge < -0.3 is 14.9 Å². The van der Waals surface area contributed by atoms with E-state index in [1.807, 2.05) is 13.8 Å². The van der Waals surface area contributed by atoms with E-state index in [0.29, 0.717) is 18.5 Å². The maximum atomic E-state index is 13.0. The molecule has 1 aromatic carbocycles. The number of piperazine rings is 1. The van der Waals surface area contributed by atoms with E-state index in [2.05, 4.69) is 16.8 Å². The molecule has 0 aromatic heterocycles. The van der Waals surface area contributed by atoms with Crippen LogP contribution >= 0.6 is 0 Å². The number of likely N-dealkylation sites (N-methyl/N-ethyl adjacent to an activating group) is 1. The summed E-state index contributed by atoms with van der Waals surface area (Å²) in [6.07, 6.45) is -4.02. The Bertz CT molecular complexity index is 541. The van der Waals surface area contributed by atoms with Crippen molar-refractivity contribution in [2.24, 2.45) is 5.92 Å². The minimum atomic E-state index is -4.40. The molecule has 6 heteroatoms. The third-order valence-corrected chi connectivity index (χ3v) is 5.17. The molecule has 1 saturated heterocycles. The van der Waals surface area contributed by atoms with Gasteiger partial charge in [0, 0.05) is 38.6 Å². The molecule has 1 aliphatic rings. The SMILES string of the molecule is CCC(O)(c1cccc(C(F)(F)F)c1)C(C)CN1CCN(C)CC1. The first-order valence-corrected chi connectivity index (χ1v) is 8.48. The molecule has 2 rings (SSSR count). The van der Waals surface area contributed by atoms with Gasteiger partial charge in [-0.05, 0) is 31.2 Å². The van der Waals surface area contributed by atoms with Gasteiger partial charge in [-0.3, -0.25) is 0 Å². The predicted octanol–water partition coefficient (Wildman–Crippen LogP) is 3.19. The highest BCUT2D eigenvalue weighted by Crippen LogP contribution is 2.37. The monoisotopic (exact) mass is 344 g/mol. The molecule has 0 radical (unpaired) electrons. The van der Waals surface area contributed by atoms with Crippen molar-refractivity contribution in [2.75, 3.05) is 39.8 Å². The number of aliphatic hydroxyl groups is 1. The highest BCUT2D eigenvalue weighted by molar-refractivity contribution is 5.30. The predicted molar refractivity (Wildman–Crippen MR) is 88.7 cm³/mol. The van der Waals surface area contributed by atoms with Gasteiger partial charge in [-0.2, -0.15) is 13.2 Å². The average molecular weight is 344 g/mol. The van der Waals surface area contributed by atoms with Gasteiger partial charge in [0.15, 0.2) is 0 Å². The van der Waals surface area contributed by atoms with Gasteiger partial charge in [0.05, 0.1) is 11.2 Å². The molecular weight excluding hydrogens is 317 g/mol. The van der Waals surface area contributed by atoms with Gasteiger partial charge >= 0.3 is 6.18 Å². The van der Waals surface area contributed by atoms with Crippen LogP contribution in [0.5, 0.6) is 0 Å². The first kappa shape index (κ1) is 19.2. The van der Waals surface area contributed by atoms with Crippen LogP contribution in [-0.2, 0) is 11.8 Å². The smallest absolute Gasteiger partial charge is 0.385 e. The van der Waals surface area contributed by atoms with E-state index in [1.54, 1.807) is 6.07 Å². The highest BCUT2D eigenvalue weighted by Gasteiger charge is 2.38. The van der Waals surface area contributed by atoms with Gasteiger partial charge in [0.2, 0.25) is 0 Å². The molecule has 1 fully saturated rings. The summed E-state index contributed by atoms with van der Waals surface area (Å²) < 4.78 is 38.9. The van der Waals surface area contributed by atoms with Crippen molar-refractivity contribution in [2.45, 2.75) is 32.0 Å². The molecule has 24 heavy (non-hydrogen) atoms. The van der Waals surface area contributed by atoms with Crippen LogP contribution in [0.3, 0.4) is 0 Å². The minimum Gasteiger partial charge on any atom is -0.385 e. The lowest BCUT2D eigenvalue weighted by atomic mass is 9.79. The second-order valence-corrected chi connectivity index (χ2v) is 6.86. The third-order valence-electron chi connectivity index (χ3n) is 5.17. The van der Waals surface area contributed by atoms with Gasteiger partial charge in [-0.25, -0.2) is 0 Å². The first-order chi connectivity index (χ1) is 11.2. The van der Waals surface area contributed by atoms with Crippen LogP contribution < -0.4 is 0 Å². The van der Waals surface area contributed by atoms with E-state index in [1.165, 1.54) is 6.07 Å². The molecule has 2 atom stereocenters. The fourth-order valence-corrected chi connectivity index (χ4v) is 3.37. The van der Waals surface area contributed by atoms with Crippen LogP contribution in [0.15, 0.2) is 24.3 Å². The lowest BCUT2D eigenvalue weighted by molar-refractivity contribution is -0.137. The maximum Gasteiger partial charge on any atom is 0.416 e. The summed E-state index contributed by atoms with van der Waals surface area (Å²) in [5.41, 5.74) is -1.62. The Hall–Kier alpha value is -1.11. The molecule has 1 aliphatic heterocycles. The number of benzene rings is 1. The molecule has 0 spiro atoms. The second-order valence-electron chi connectivity index (χ2n) is 6.86. The zero-order valence-corrected chi connectivity index (χ0v) is 14.6. The molecule has 1 heterocycles. The zero-order valence-electron chi connectivity index (χ0n) is 14.6. The molecule has 0 bridgehead atoms. The largest absolute Gasteiger partial charge is 0.416 e. The van der Waals surface area contributed by atoms with Gasteiger partial charge in [0.25, 0.3) is 0 Å². The number of halogens is 3. The van der Waals surface area contributed by atoms with Crippen LogP contribution in [0, 0.1) is 5.92 Å². The first-order valence-electron chi connectivity index (χ1n) is 8.48. The van der Waals surface area contributed by atoms with Crippen LogP contribution in [0.2, 0.25) is 0 Å². The van der Waals surface area contributed by atoms with Crippen molar-refractivity contribution in [3.63, 3.8) is 0 Å². The fraction of sp³-hybridized carbons (Fsp3) is 0.667. The van der Waals surface area contributed by atoms with Crippen molar-refractivity contribution in [1.29, 1.82) is 0 Å². The number of hydrogen-bond donors (Lipinski definition) is 1. The topological polar surface area (TPSA) is 26.7 Å². The van der Waals surface area contributed by atoms with Crippen LogP contribution in [0.25, 0.3) is 0 Å².